The van der Waals surface area contributed by atoms with Crippen molar-refractivity contribution in [3.05, 3.63) is 15.9 Å². The number of halogens is 5. The van der Waals surface area contributed by atoms with Crippen LogP contribution in [0.25, 0.3) is 0 Å². The number of nitrogens with zero attached hydrogens (tertiary/aromatic N) is 2. The molecule has 0 aliphatic carbocycles. The second kappa shape index (κ2) is 6.86. The molecule has 0 amide bonds. The zero-order valence-corrected chi connectivity index (χ0v) is 12.6. The van der Waals surface area contributed by atoms with E-state index in [1.165, 1.54) is 0 Å². The van der Waals surface area contributed by atoms with E-state index in [0.29, 0.717) is 6.42 Å². The summed E-state index contributed by atoms with van der Waals surface area (Å²) in [5.74, 6) is -4.15. The summed E-state index contributed by atoms with van der Waals surface area (Å²) < 4.78 is 56.0. The van der Waals surface area contributed by atoms with E-state index in [-0.39, 0.29) is 6.61 Å². The Morgan fingerprint density at radius 1 is 1.45 bits per heavy atom. The minimum Gasteiger partial charge on any atom is -0.373 e. The molecule has 0 aromatic carbocycles. The normalized spacial score (nSPS) is 14.1. The van der Waals surface area contributed by atoms with E-state index in [1.807, 2.05) is 0 Å². The third kappa shape index (κ3) is 4.42. The fourth-order valence-electron chi connectivity index (χ4n) is 1.62. The minimum atomic E-state index is -4.15. The Hall–Kier alpha value is -0.670. The lowest BCUT2D eigenvalue weighted by Crippen LogP contribution is -2.36. The fourth-order valence-corrected chi connectivity index (χ4v) is 2.12. The first-order valence-corrected chi connectivity index (χ1v) is 6.61. The smallest absolute Gasteiger partial charge is 0.330 e. The van der Waals surface area contributed by atoms with Gasteiger partial charge in [0.15, 0.2) is 0 Å². The first-order chi connectivity index (χ1) is 9.15. The maximum atomic E-state index is 12.6. The van der Waals surface area contributed by atoms with E-state index in [9.17, 15) is 17.6 Å². The van der Waals surface area contributed by atoms with Gasteiger partial charge in [0.25, 0.3) is 0 Å². The molecule has 0 radical (unpaired) electrons. The molecule has 1 heterocycles. The molecule has 1 rings (SSSR count). The lowest BCUT2D eigenvalue weighted by atomic mass is 10.1. The Kier molecular flexibility index (Phi) is 5.96. The van der Waals surface area contributed by atoms with E-state index in [2.05, 4.69) is 25.8 Å². The molecular weight excluding hydrogens is 346 g/mol. The monoisotopic (exact) mass is 361 g/mol. The lowest BCUT2D eigenvalue weighted by Gasteiger charge is -2.17. The molecule has 2 N–H and O–H groups in total. The van der Waals surface area contributed by atoms with Crippen molar-refractivity contribution in [3.63, 3.8) is 0 Å². The molecule has 0 aliphatic heterocycles. The zero-order chi connectivity index (χ0) is 15.5. The number of hydrogen-bond donors (Lipinski definition) is 1. The molecule has 1 aromatic heterocycles. The van der Waals surface area contributed by atoms with Crippen molar-refractivity contribution < 1.29 is 22.3 Å². The Bertz CT molecular complexity index is 453. The Labute approximate surface area is 122 Å². The van der Waals surface area contributed by atoms with E-state index >= 15 is 0 Å². The molecule has 20 heavy (non-hydrogen) atoms. The number of alkyl halides is 4. The molecule has 116 valence electrons. The van der Waals surface area contributed by atoms with Crippen LogP contribution in [0.2, 0.25) is 0 Å². The van der Waals surface area contributed by atoms with Crippen LogP contribution in [0.5, 0.6) is 0 Å². The Morgan fingerprint density at radius 3 is 2.50 bits per heavy atom. The van der Waals surface area contributed by atoms with Gasteiger partial charge in [-0.25, -0.2) is 8.78 Å². The second-order valence-corrected chi connectivity index (χ2v) is 5.30. The molecule has 1 aromatic rings. The highest BCUT2D eigenvalue weighted by Gasteiger charge is 2.41. The first-order valence-electron chi connectivity index (χ1n) is 5.82. The van der Waals surface area contributed by atoms with Crippen LogP contribution >= 0.6 is 15.9 Å². The highest BCUT2D eigenvalue weighted by Crippen LogP contribution is 2.23. The summed E-state index contributed by atoms with van der Waals surface area (Å²) in [5, 5.41) is 4.16. The summed E-state index contributed by atoms with van der Waals surface area (Å²) in [6, 6.07) is -0.588. The molecule has 0 fully saturated rings. The van der Waals surface area contributed by atoms with Gasteiger partial charge >= 0.3 is 12.3 Å². The van der Waals surface area contributed by atoms with Gasteiger partial charge in [-0.2, -0.15) is 13.9 Å². The Morgan fingerprint density at radius 2 is 2.05 bits per heavy atom. The van der Waals surface area contributed by atoms with Gasteiger partial charge in [-0.15, -0.1) is 0 Å². The SMILES string of the molecule is Cc1nn(C)c(CC(N)COCC(F)(F)C(F)F)c1Br. The number of aryl methyl sites for hydroxylation is 2. The van der Waals surface area contributed by atoms with Crippen molar-refractivity contribution >= 4 is 15.9 Å². The molecule has 0 saturated carbocycles. The van der Waals surface area contributed by atoms with Gasteiger partial charge in [0, 0.05) is 19.5 Å². The lowest BCUT2D eigenvalue weighted by molar-refractivity contribution is -0.166. The fraction of sp³-hybridized carbons (Fsp3) is 0.727. The summed E-state index contributed by atoms with van der Waals surface area (Å²) in [6.45, 7) is 0.224. The second-order valence-electron chi connectivity index (χ2n) is 4.51. The summed E-state index contributed by atoms with van der Waals surface area (Å²) >= 11 is 3.35. The maximum Gasteiger partial charge on any atom is 0.330 e. The number of nitrogens with two attached hydrogens (primary N) is 1. The summed E-state index contributed by atoms with van der Waals surface area (Å²) in [7, 11) is 1.73. The molecule has 0 spiro atoms. The summed E-state index contributed by atoms with van der Waals surface area (Å²) in [4.78, 5) is 0. The Balaban J connectivity index is 2.47. The molecule has 0 aliphatic rings. The molecule has 1 atom stereocenters. The highest BCUT2D eigenvalue weighted by atomic mass is 79.9. The van der Waals surface area contributed by atoms with Gasteiger partial charge < -0.3 is 10.5 Å². The van der Waals surface area contributed by atoms with Crippen LogP contribution in [0.3, 0.4) is 0 Å². The molecule has 0 saturated heterocycles. The minimum absolute atomic E-state index is 0.237. The van der Waals surface area contributed by atoms with Crippen molar-refractivity contribution in [1.29, 1.82) is 0 Å². The third-order valence-corrected chi connectivity index (χ3v) is 3.69. The van der Waals surface area contributed by atoms with Crippen molar-refractivity contribution in [2.75, 3.05) is 13.2 Å². The quantitative estimate of drug-likeness (QED) is 0.758. The van der Waals surface area contributed by atoms with Crippen LogP contribution in [0.15, 0.2) is 4.47 Å². The van der Waals surface area contributed by atoms with Crippen LogP contribution in [-0.2, 0) is 18.2 Å². The van der Waals surface area contributed by atoms with Crippen molar-refractivity contribution in [3.8, 4) is 0 Å². The van der Waals surface area contributed by atoms with Crippen molar-refractivity contribution in [2.24, 2.45) is 12.8 Å². The third-order valence-electron chi connectivity index (χ3n) is 2.66. The summed E-state index contributed by atoms with van der Waals surface area (Å²) in [6.07, 6.45) is -3.41. The number of aromatic nitrogens is 2. The standard InChI is InChI=1S/C11H16BrF4N3O/c1-6-9(12)8(19(2)18-6)3-7(17)4-20-5-11(15,16)10(13)14/h7,10H,3-5,17H2,1-2H3. The predicted molar refractivity (Wildman–Crippen MR) is 69.1 cm³/mol. The van der Waals surface area contributed by atoms with Gasteiger partial charge in [0.2, 0.25) is 0 Å². The van der Waals surface area contributed by atoms with Crippen molar-refractivity contribution in [2.45, 2.75) is 31.7 Å². The van der Waals surface area contributed by atoms with Gasteiger partial charge in [-0.1, -0.05) is 0 Å². The zero-order valence-electron chi connectivity index (χ0n) is 11.0. The average molecular weight is 362 g/mol. The van der Waals surface area contributed by atoms with Crippen LogP contribution in [0.1, 0.15) is 11.4 Å². The van der Waals surface area contributed by atoms with Gasteiger partial charge in [-0.05, 0) is 22.9 Å². The van der Waals surface area contributed by atoms with Crippen LogP contribution < -0.4 is 5.73 Å². The van der Waals surface area contributed by atoms with Crippen LogP contribution in [-0.4, -0.2) is 41.4 Å². The van der Waals surface area contributed by atoms with Crippen molar-refractivity contribution in [1.82, 2.24) is 9.78 Å². The number of rotatable bonds is 7. The van der Waals surface area contributed by atoms with Gasteiger partial charge in [0.1, 0.15) is 6.61 Å². The average Bonchev–Trinajstić information content (AvgIpc) is 2.55. The molecular formula is C11H16BrF4N3O. The van der Waals surface area contributed by atoms with Crippen LogP contribution in [0.4, 0.5) is 17.6 Å². The predicted octanol–water partition coefficient (Wildman–Crippen LogP) is 2.28. The van der Waals surface area contributed by atoms with E-state index in [4.69, 9.17) is 5.73 Å². The van der Waals surface area contributed by atoms with Gasteiger partial charge in [0.05, 0.1) is 22.5 Å². The van der Waals surface area contributed by atoms with E-state index in [1.54, 1.807) is 18.7 Å². The molecule has 9 heteroatoms. The highest BCUT2D eigenvalue weighted by molar-refractivity contribution is 9.10. The topological polar surface area (TPSA) is 53.1 Å². The maximum absolute atomic E-state index is 12.6. The largest absolute Gasteiger partial charge is 0.373 e. The molecule has 0 bridgehead atoms. The van der Waals surface area contributed by atoms with E-state index in [0.717, 1.165) is 15.9 Å². The molecule has 1 unspecified atom stereocenters. The van der Waals surface area contributed by atoms with Gasteiger partial charge in [-0.3, -0.25) is 4.68 Å². The summed E-state index contributed by atoms with van der Waals surface area (Å²) in [5.41, 5.74) is 7.31. The van der Waals surface area contributed by atoms with Crippen LogP contribution in [0, 0.1) is 6.92 Å². The molecule has 4 nitrogen and oxygen atoms in total. The number of ether oxygens (including phenoxy) is 1. The number of hydrogen-bond acceptors (Lipinski definition) is 3. The van der Waals surface area contributed by atoms with E-state index < -0.39 is 25.0 Å². The first kappa shape index (κ1) is 17.4.